The van der Waals surface area contributed by atoms with Gasteiger partial charge in [-0.2, -0.15) is 0 Å². The molecule has 5 N–H and O–H groups in total. The zero-order valence-electron chi connectivity index (χ0n) is 24.5. The number of nitrogens with zero attached hydrogens (tertiary/aromatic N) is 2. The van der Waals surface area contributed by atoms with Crippen LogP contribution in [0.15, 0.2) is 60.8 Å². The largest absolute Gasteiger partial charge is 0.486 e. The first-order valence-electron chi connectivity index (χ1n) is 14.0. The van der Waals surface area contributed by atoms with Gasteiger partial charge in [-0.1, -0.05) is 53.5 Å². The van der Waals surface area contributed by atoms with Crippen LogP contribution >= 0.6 is 23.2 Å². The van der Waals surface area contributed by atoms with Crippen molar-refractivity contribution in [3.8, 4) is 22.8 Å². The standard InChI is InChI=1S/C32H35Cl2N5O5/c1-20-15-22(18-36-12-14-41)32(43-2)39-27(20)19-44-28-8-4-6-24(30(28)34)23-5-3-7-25(29(23)33)38-31(42)26-10-9-21(17-37-26)16-35-11-13-40/h3-10,15,17,35-36,40-41H,11-14,16,18-19H2,1-2H3,(H,38,42). The van der Waals surface area contributed by atoms with Crippen molar-refractivity contribution in [1.82, 2.24) is 20.6 Å². The summed E-state index contributed by atoms with van der Waals surface area (Å²) in [5.74, 6) is 0.517. The third-order valence-corrected chi connectivity index (χ3v) is 7.49. The molecule has 2 heterocycles. The van der Waals surface area contributed by atoms with E-state index in [9.17, 15) is 4.79 Å². The molecule has 12 heteroatoms. The van der Waals surface area contributed by atoms with E-state index in [1.165, 1.54) is 0 Å². The van der Waals surface area contributed by atoms with Gasteiger partial charge in [0.1, 0.15) is 18.1 Å². The maximum absolute atomic E-state index is 12.9. The molecule has 0 bridgehead atoms. The van der Waals surface area contributed by atoms with Crippen LogP contribution in [-0.2, 0) is 19.7 Å². The van der Waals surface area contributed by atoms with Crippen molar-refractivity contribution in [2.75, 3.05) is 38.7 Å². The van der Waals surface area contributed by atoms with Crippen LogP contribution in [0.3, 0.4) is 0 Å². The molecular weight excluding hydrogens is 605 g/mol. The van der Waals surface area contributed by atoms with Crippen LogP contribution < -0.4 is 25.4 Å². The van der Waals surface area contributed by atoms with Gasteiger partial charge in [0, 0.05) is 49.1 Å². The number of carbonyl (C=O) groups is 1. The minimum atomic E-state index is -0.407. The maximum Gasteiger partial charge on any atom is 0.274 e. The van der Waals surface area contributed by atoms with Gasteiger partial charge < -0.3 is 35.6 Å². The summed E-state index contributed by atoms with van der Waals surface area (Å²) in [6, 6.07) is 16.1. The Morgan fingerprint density at radius 3 is 2.32 bits per heavy atom. The zero-order chi connectivity index (χ0) is 31.5. The number of hydrogen-bond acceptors (Lipinski definition) is 9. The highest BCUT2D eigenvalue weighted by Crippen LogP contribution is 2.41. The number of ether oxygens (including phenoxy) is 2. The van der Waals surface area contributed by atoms with Gasteiger partial charge in [0.2, 0.25) is 5.88 Å². The van der Waals surface area contributed by atoms with Crippen molar-refractivity contribution >= 4 is 34.8 Å². The molecule has 4 rings (SSSR count). The van der Waals surface area contributed by atoms with E-state index in [4.69, 9.17) is 42.9 Å². The van der Waals surface area contributed by atoms with Gasteiger partial charge >= 0.3 is 0 Å². The van der Waals surface area contributed by atoms with Gasteiger partial charge in [-0.25, -0.2) is 4.98 Å². The lowest BCUT2D eigenvalue weighted by Gasteiger charge is -2.16. The van der Waals surface area contributed by atoms with Crippen molar-refractivity contribution in [3.05, 3.63) is 98.9 Å². The molecule has 232 valence electrons. The lowest BCUT2D eigenvalue weighted by atomic mass is 10.0. The fourth-order valence-electron chi connectivity index (χ4n) is 4.41. The average Bonchev–Trinajstić information content (AvgIpc) is 3.03. The lowest BCUT2D eigenvalue weighted by Crippen LogP contribution is -2.18. The van der Waals surface area contributed by atoms with Gasteiger partial charge in [-0.3, -0.25) is 9.78 Å². The Balaban J connectivity index is 1.49. The summed E-state index contributed by atoms with van der Waals surface area (Å²) in [7, 11) is 1.56. The number of nitrogens with one attached hydrogen (secondary N) is 3. The molecule has 0 unspecified atom stereocenters. The quantitative estimate of drug-likeness (QED) is 0.117. The molecule has 0 saturated heterocycles. The molecule has 0 saturated carbocycles. The number of methoxy groups -OCH3 is 1. The van der Waals surface area contributed by atoms with Crippen molar-refractivity contribution in [3.63, 3.8) is 0 Å². The van der Waals surface area contributed by atoms with Crippen molar-refractivity contribution in [1.29, 1.82) is 0 Å². The van der Waals surface area contributed by atoms with Gasteiger partial charge in [0.05, 0.1) is 41.8 Å². The Morgan fingerprint density at radius 1 is 0.932 bits per heavy atom. The van der Waals surface area contributed by atoms with E-state index < -0.39 is 5.91 Å². The normalized spacial score (nSPS) is 11.0. The summed E-state index contributed by atoms with van der Waals surface area (Å²) in [4.78, 5) is 21.8. The second-order valence-electron chi connectivity index (χ2n) is 9.80. The van der Waals surface area contributed by atoms with Crippen LogP contribution in [0.2, 0.25) is 10.0 Å². The number of hydrogen-bond donors (Lipinski definition) is 5. The molecule has 1 amide bonds. The molecule has 0 fully saturated rings. The first-order chi connectivity index (χ1) is 21.4. The van der Waals surface area contributed by atoms with Crippen LogP contribution in [0.4, 0.5) is 5.69 Å². The number of carbonyl (C=O) groups excluding carboxylic acids is 1. The SMILES string of the molecule is COc1nc(COc2cccc(-c3cccc(NC(=O)c4ccc(CNCCO)cn4)c3Cl)c2Cl)c(C)cc1CNCCO. The minimum absolute atomic E-state index is 0.0442. The Kier molecular flexibility index (Phi) is 12.3. The van der Waals surface area contributed by atoms with Crippen LogP contribution in [0, 0.1) is 6.92 Å². The molecule has 4 aromatic rings. The highest BCUT2D eigenvalue weighted by molar-refractivity contribution is 6.39. The molecule has 2 aromatic heterocycles. The summed E-state index contributed by atoms with van der Waals surface area (Å²) in [6.45, 7) is 4.18. The number of aliphatic hydroxyl groups is 2. The summed E-state index contributed by atoms with van der Waals surface area (Å²) in [5.41, 5.74) is 5.29. The summed E-state index contributed by atoms with van der Waals surface area (Å²) in [5, 5.41) is 27.6. The molecule has 0 spiro atoms. The van der Waals surface area contributed by atoms with E-state index in [1.54, 1.807) is 43.6 Å². The van der Waals surface area contributed by atoms with Crippen LogP contribution in [0.1, 0.15) is 32.9 Å². The topological polar surface area (TPSA) is 138 Å². The number of halogens is 2. The maximum atomic E-state index is 12.9. The molecule has 0 aliphatic carbocycles. The van der Waals surface area contributed by atoms with Crippen LogP contribution in [0.25, 0.3) is 11.1 Å². The van der Waals surface area contributed by atoms with Gasteiger partial charge in [-0.05, 0) is 42.3 Å². The molecule has 0 aliphatic rings. The number of rotatable bonds is 15. The second-order valence-corrected chi connectivity index (χ2v) is 10.6. The molecule has 44 heavy (non-hydrogen) atoms. The fraction of sp³-hybridized carbons (Fsp3) is 0.281. The number of aromatic nitrogens is 2. The van der Waals surface area contributed by atoms with Gasteiger partial charge in [0.15, 0.2) is 0 Å². The van der Waals surface area contributed by atoms with E-state index in [0.29, 0.717) is 70.4 Å². The summed E-state index contributed by atoms with van der Waals surface area (Å²) in [6.07, 6.45) is 1.61. The number of benzene rings is 2. The van der Waals surface area contributed by atoms with E-state index in [2.05, 4.69) is 25.9 Å². The highest BCUT2D eigenvalue weighted by Gasteiger charge is 2.18. The van der Waals surface area contributed by atoms with Crippen molar-refractivity contribution in [2.45, 2.75) is 26.6 Å². The van der Waals surface area contributed by atoms with Crippen molar-refractivity contribution in [2.24, 2.45) is 0 Å². The monoisotopic (exact) mass is 639 g/mol. The number of anilines is 1. The Hall–Kier alpha value is -3.77. The lowest BCUT2D eigenvalue weighted by molar-refractivity contribution is 0.102. The number of aliphatic hydroxyl groups excluding tert-OH is 2. The molecule has 0 aliphatic heterocycles. The van der Waals surface area contributed by atoms with Crippen molar-refractivity contribution < 1.29 is 24.5 Å². The van der Waals surface area contributed by atoms with E-state index in [-0.39, 0.29) is 25.5 Å². The average molecular weight is 641 g/mol. The highest BCUT2D eigenvalue weighted by atomic mass is 35.5. The predicted octanol–water partition coefficient (Wildman–Crippen LogP) is 4.76. The first-order valence-corrected chi connectivity index (χ1v) is 14.7. The van der Waals surface area contributed by atoms with E-state index in [1.807, 2.05) is 31.2 Å². The first kappa shape index (κ1) is 33.1. The van der Waals surface area contributed by atoms with Crippen LogP contribution in [-0.4, -0.2) is 59.5 Å². The molecule has 0 radical (unpaired) electrons. The van der Waals surface area contributed by atoms with E-state index >= 15 is 0 Å². The molecule has 10 nitrogen and oxygen atoms in total. The minimum Gasteiger partial charge on any atom is -0.486 e. The Bertz CT molecular complexity index is 1570. The number of pyridine rings is 2. The van der Waals surface area contributed by atoms with Crippen LogP contribution in [0.5, 0.6) is 11.6 Å². The summed E-state index contributed by atoms with van der Waals surface area (Å²) >= 11 is 13.6. The van der Waals surface area contributed by atoms with Gasteiger partial charge in [-0.15, -0.1) is 0 Å². The Morgan fingerprint density at radius 2 is 1.64 bits per heavy atom. The zero-order valence-corrected chi connectivity index (χ0v) is 26.0. The number of amides is 1. The Labute approximate surface area is 266 Å². The summed E-state index contributed by atoms with van der Waals surface area (Å²) < 4.78 is 11.6. The smallest absolute Gasteiger partial charge is 0.274 e. The molecular formula is C32H35Cl2N5O5. The molecule has 0 atom stereocenters. The molecule has 2 aromatic carbocycles. The third-order valence-electron chi connectivity index (χ3n) is 6.69. The van der Waals surface area contributed by atoms with E-state index in [0.717, 1.165) is 16.7 Å². The predicted molar refractivity (Wildman–Crippen MR) is 172 cm³/mol. The third kappa shape index (κ3) is 8.44. The van der Waals surface area contributed by atoms with Gasteiger partial charge in [0.25, 0.3) is 5.91 Å². The fourth-order valence-corrected chi connectivity index (χ4v) is 4.97. The number of aryl methyl sites for hydroxylation is 1. The second kappa shape index (κ2) is 16.3.